The molecule has 3 amide bonds. The highest BCUT2D eigenvalue weighted by atomic mass is 16.5. The Morgan fingerprint density at radius 1 is 0.961 bits per heavy atom. The van der Waals surface area contributed by atoms with Crippen molar-refractivity contribution in [2.75, 3.05) is 44.6 Å². The van der Waals surface area contributed by atoms with Gasteiger partial charge in [0.05, 0.1) is 30.7 Å². The molecular formula is C41H55N5O5. The lowest BCUT2D eigenvalue weighted by atomic mass is 9.88. The minimum Gasteiger partial charge on any atom is -0.376 e. The summed E-state index contributed by atoms with van der Waals surface area (Å²) in [6.45, 7) is 14.0. The Balaban J connectivity index is 1.13. The van der Waals surface area contributed by atoms with E-state index >= 15 is 0 Å². The van der Waals surface area contributed by atoms with Gasteiger partial charge >= 0.3 is 0 Å². The zero-order valence-electron chi connectivity index (χ0n) is 31.2. The molecule has 2 aromatic carbocycles. The summed E-state index contributed by atoms with van der Waals surface area (Å²) < 4.78 is 8.41. The maximum Gasteiger partial charge on any atom is 0.257 e. The fourth-order valence-electron chi connectivity index (χ4n) is 8.20. The lowest BCUT2D eigenvalue weighted by Crippen LogP contribution is -2.54. The molecule has 3 fully saturated rings. The Morgan fingerprint density at radius 3 is 2.35 bits per heavy atom. The average molecular weight is 698 g/mol. The topological polar surface area (TPSA) is 104 Å². The lowest BCUT2D eigenvalue weighted by Gasteiger charge is -2.40. The maximum absolute atomic E-state index is 14.2. The lowest BCUT2D eigenvalue weighted by molar-refractivity contribution is -0.141. The first-order chi connectivity index (χ1) is 24.3. The van der Waals surface area contributed by atoms with E-state index in [0.717, 1.165) is 84.8 Å². The Labute approximate surface area is 302 Å². The fraction of sp³-hybridized carbons (Fsp3) is 0.561. The van der Waals surface area contributed by atoms with Crippen molar-refractivity contribution in [1.82, 2.24) is 19.3 Å². The number of rotatable bonds is 9. The molecule has 2 atom stereocenters. The molecule has 1 aromatic heterocycles. The molecule has 0 radical (unpaired) electrons. The highest BCUT2D eigenvalue weighted by Crippen LogP contribution is 2.30. The van der Waals surface area contributed by atoms with E-state index in [1.807, 2.05) is 98.6 Å². The number of hydrogen-bond donors (Lipinski definition) is 1. The van der Waals surface area contributed by atoms with E-state index in [4.69, 9.17) is 4.74 Å². The molecule has 3 heterocycles. The minimum absolute atomic E-state index is 0.0406. The van der Waals surface area contributed by atoms with Crippen LogP contribution in [-0.2, 0) is 32.6 Å². The van der Waals surface area contributed by atoms with E-state index in [9.17, 15) is 19.2 Å². The third-order valence-corrected chi connectivity index (χ3v) is 11.3. The predicted molar refractivity (Wildman–Crippen MR) is 200 cm³/mol. The Kier molecular flexibility index (Phi) is 11.0. The van der Waals surface area contributed by atoms with E-state index in [1.54, 1.807) is 0 Å². The van der Waals surface area contributed by atoms with Crippen molar-refractivity contribution in [1.29, 1.82) is 0 Å². The van der Waals surface area contributed by atoms with Crippen LogP contribution in [0.15, 0.2) is 42.6 Å². The van der Waals surface area contributed by atoms with Crippen LogP contribution in [0.3, 0.4) is 0 Å². The van der Waals surface area contributed by atoms with Crippen LogP contribution in [0, 0.1) is 25.2 Å². The molecule has 3 aromatic rings. The van der Waals surface area contributed by atoms with E-state index in [1.165, 1.54) is 0 Å². The predicted octanol–water partition coefficient (Wildman–Crippen LogP) is 5.52. The van der Waals surface area contributed by atoms with Crippen molar-refractivity contribution < 1.29 is 23.9 Å². The number of carbonyl (C=O) groups is 4. The van der Waals surface area contributed by atoms with Gasteiger partial charge in [-0.1, -0.05) is 45.0 Å². The van der Waals surface area contributed by atoms with Crippen molar-refractivity contribution in [3.05, 3.63) is 64.8 Å². The van der Waals surface area contributed by atoms with Crippen LogP contribution in [0.4, 0.5) is 5.69 Å². The van der Waals surface area contributed by atoms with Crippen molar-refractivity contribution in [2.24, 2.45) is 18.4 Å². The number of anilines is 1. The van der Waals surface area contributed by atoms with Crippen LogP contribution in [0.2, 0.25) is 0 Å². The minimum atomic E-state index is -0.400. The third-order valence-electron chi connectivity index (χ3n) is 11.3. The molecule has 1 aliphatic carbocycles. The number of amides is 3. The number of para-hydroxylation sites is 1. The van der Waals surface area contributed by atoms with Gasteiger partial charge < -0.3 is 29.2 Å². The number of carbonyl (C=O) groups excluding carboxylic acids is 4. The zero-order valence-corrected chi connectivity index (χ0v) is 31.2. The van der Waals surface area contributed by atoms with Crippen LogP contribution in [0.25, 0.3) is 10.9 Å². The molecule has 274 valence electrons. The second-order valence-electron chi connectivity index (χ2n) is 16.1. The Morgan fingerprint density at radius 2 is 1.67 bits per heavy atom. The van der Waals surface area contributed by atoms with Gasteiger partial charge in [-0.15, -0.1) is 0 Å². The summed E-state index contributed by atoms with van der Waals surface area (Å²) >= 11 is 0. The molecular weight excluding hydrogens is 642 g/mol. The van der Waals surface area contributed by atoms with Gasteiger partial charge in [-0.25, -0.2) is 0 Å². The van der Waals surface area contributed by atoms with Crippen molar-refractivity contribution in [3.63, 3.8) is 0 Å². The summed E-state index contributed by atoms with van der Waals surface area (Å²) in [5, 5.41) is 4.02. The summed E-state index contributed by atoms with van der Waals surface area (Å²) in [7, 11) is 1.94. The molecule has 1 saturated carbocycles. The maximum atomic E-state index is 14.2. The summed E-state index contributed by atoms with van der Waals surface area (Å²) in [6.07, 6.45) is 7.62. The van der Waals surface area contributed by atoms with Crippen molar-refractivity contribution >= 4 is 40.6 Å². The SMILES string of the molecule is Cc1cc(NC(=O)c2cn(C)c3ccccc23)c(C)cc1CC(=O)N1C[C@@H](N2CCN(C(=O)C(C)(C)C)CC2)C[C@H]1COC1CCC(C=O)CC1. The van der Waals surface area contributed by atoms with Crippen LogP contribution in [-0.4, -0.2) is 101 Å². The second kappa shape index (κ2) is 15.3. The first-order valence-electron chi connectivity index (χ1n) is 18.7. The Hall–Kier alpha value is -4.02. The largest absolute Gasteiger partial charge is 0.376 e. The van der Waals surface area contributed by atoms with Gasteiger partial charge in [0, 0.05) is 79.9 Å². The number of nitrogens with one attached hydrogen (secondary N) is 1. The number of fused-ring (bicyclic) bond motifs is 1. The first kappa shape index (κ1) is 36.8. The molecule has 0 unspecified atom stereocenters. The number of aryl methyl sites for hydroxylation is 3. The monoisotopic (exact) mass is 697 g/mol. The van der Waals surface area contributed by atoms with Gasteiger partial charge in [-0.3, -0.25) is 19.3 Å². The summed E-state index contributed by atoms with van der Waals surface area (Å²) in [5.74, 6) is 0.234. The smallest absolute Gasteiger partial charge is 0.257 e. The van der Waals surface area contributed by atoms with Gasteiger partial charge in [0.25, 0.3) is 5.91 Å². The van der Waals surface area contributed by atoms with Crippen molar-refractivity contribution in [3.8, 4) is 0 Å². The first-order valence-corrected chi connectivity index (χ1v) is 18.7. The van der Waals surface area contributed by atoms with Gasteiger partial charge in [0.15, 0.2) is 0 Å². The second-order valence-corrected chi connectivity index (χ2v) is 16.1. The van der Waals surface area contributed by atoms with E-state index in [-0.39, 0.29) is 48.2 Å². The van der Waals surface area contributed by atoms with E-state index in [0.29, 0.717) is 31.8 Å². The van der Waals surface area contributed by atoms with Gasteiger partial charge in [0.1, 0.15) is 6.29 Å². The molecule has 0 bridgehead atoms. The number of piperazine rings is 1. The van der Waals surface area contributed by atoms with Gasteiger partial charge in [0.2, 0.25) is 11.8 Å². The number of hydrogen-bond acceptors (Lipinski definition) is 6. The molecule has 10 heteroatoms. The van der Waals surface area contributed by atoms with Gasteiger partial charge in [-0.05, 0) is 74.8 Å². The van der Waals surface area contributed by atoms with Crippen LogP contribution >= 0.6 is 0 Å². The van der Waals surface area contributed by atoms with Crippen LogP contribution in [0.1, 0.15) is 79.9 Å². The average Bonchev–Trinajstić information content (AvgIpc) is 3.70. The summed E-state index contributed by atoms with van der Waals surface area (Å²) in [6, 6.07) is 12.0. The Bertz CT molecular complexity index is 1760. The molecule has 51 heavy (non-hydrogen) atoms. The van der Waals surface area contributed by atoms with E-state index in [2.05, 4.69) is 10.2 Å². The standard InChI is InChI=1S/C41H55N5O5/c1-27-20-36(42-39(49)35-24-43(6)37-10-8-7-9-34(35)37)28(2)19-30(27)21-38(48)46-23-31(44-15-17-45(18-16-44)40(50)41(3,4)5)22-32(46)26-51-33-13-11-29(25-47)12-14-33/h7-10,19-20,24-25,29,31-33H,11-18,21-23,26H2,1-6H3,(H,42,49)/t29?,31-,32-,33?/m0/s1. The molecule has 6 rings (SSSR count). The highest BCUT2D eigenvalue weighted by molar-refractivity contribution is 6.13. The number of aldehydes is 1. The fourth-order valence-corrected chi connectivity index (χ4v) is 8.20. The number of likely N-dealkylation sites (tertiary alicyclic amines) is 1. The zero-order chi connectivity index (χ0) is 36.4. The molecule has 2 aliphatic heterocycles. The summed E-state index contributed by atoms with van der Waals surface area (Å²) in [5.41, 5.74) is 4.78. The third kappa shape index (κ3) is 8.23. The molecule has 2 saturated heterocycles. The van der Waals surface area contributed by atoms with Crippen molar-refractivity contribution in [2.45, 2.75) is 91.3 Å². The molecule has 1 N–H and O–H groups in total. The number of nitrogens with zero attached hydrogens (tertiary/aromatic N) is 4. The summed E-state index contributed by atoms with van der Waals surface area (Å²) in [4.78, 5) is 58.2. The molecule has 10 nitrogen and oxygen atoms in total. The number of benzene rings is 2. The molecule has 3 aliphatic rings. The quantitative estimate of drug-likeness (QED) is 0.296. The van der Waals surface area contributed by atoms with Crippen LogP contribution < -0.4 is 5.32 Å². The normalized spacial score (nSPS) is 23.1. The number of ether oxygens (including phenoxy) is 1. The molecule has 0 spiro atoms. The van der Waals surface area contributed by atoms with Gasteiger partial charge in [-0.2, -0.15) is 0 Å². The number of aromatic nitrogens is 1. The highest BCUT2D eigenvalue weighted by Gasteiger charge is 2.40. The van der Waals surface area contributed by atoms with Crippen LogP contribution in [0.5, 0.6) is 0 Å². The van der Waals surface area contributed by atoms with E-state index < -0.39 is 5.41 Å².